The van der Waals surface area contributed by atoms with Crippen LogP contribution in [0.15, 0.2) is 48.6 Å². The molecule has 6 heteroatoms. The standard InChI is InChI=1S/C60H108O6/c1-4-7-10-13-16-19-22-25-28-29-30-31-33-35-38-41-44-47-50-53-59(62)65-56-57(55-64-58(61)52-49-46-43-40-37-34-27-24-21-18-15-12-9-6-3)66-60(63)54-51-48-45-42-39-36-32-26-23-20-17-14-11-8-5-2/h9,12,16,18-19,21-22,25,57H,4-8,10-11,13-15,17,20,23-24,26-56H2,1-3H3/b12-9-,19-16-,21-18-,25-22-. The Hall–Kier alpha value is -2.63. The molecule has 0 saturated heterocycles. The first kappa shape index (κ1) is 63.4. The highest BCUT2D eigenvalue weighted by Gasteiger charge is 2.19. The third-order valence-electron chi connectivity index (χ3n) is 12.6. The van der Waals surface area contributed by atoms with E-state index in [0.717, 1.165) is 77.0 Å². The lowest BCUT2D eigenvalue weighted by Gasteiger charge is -2.18. The lowest BCUT2D eigenvalue weighted by molar-refractivity contribution is -0.167. The molecule has 0 rings (SSSR count). The molecule has 0 aliphatic heterocycles. The Balaban J connectivity index is 4.34. The third kappa shape index (κ3) is 52.3. The minimum absolute atomic E-state index is 0.0745. The maximum Gasteiger partial charge on any atom is 0.306 e. The van der Waals surface area contributed by atoms with Crippen molar-refractivity contribution in [3.63, 3.8) is 0 Å². The van der Waals surface area contributed by atoms with Gasteiger partial charge in [0.05, 0.1) is 0 Å². The monoisotopic (exact) mass is 925 g/mol. The number of allylic oxidation sites excluding steroid dienone is 8. The molecule has 0 aromatic rings. The Kier molecular flexibility index (Phi) is 52.8. The van der Waals surface area contributed by atoms with Crippen LogP contribution in [0.1, 0.15) is 297 Å². The predicted octanol–water partition coefficient (Wildman–Crippen LogP) is 19.0. The van der Waals surface area contributed by atoms with Crippen LogP contribution in [0.4, 0.5) is 0 Å². The second kappa shape index (κ2) is 55.0. The number of hydrogen-bond acceptors (Lipinski definition) is 6. The van der Waals surface area contributed by atoms with Gasteiger partial charge in [-0.1, -0.05) is 256 Å². The summed E-state index contributed by atoms with van der Waals surface area (Å²) in [4.78, 5) is 38.1. The van der Waals surface area contributed by atoms with E-state index in [1.807, 2.05) is 0 Å². The molecule has 0 amide bonds. The molecule has 0 radical (unpaired) electrons. The van der Waals surface area contributed by atoms with Gasteiger partial charge in [-0.05, 0) is 70.6 Å². The van der Waals surface area contributed by atoms with E-state index in [4.69, 9.17) is 14.2 Å². The van der Waals surface area contributed by atoms with Crippen LogP contribution in [0.5, 0.6) is 0 Å². The number of unbranched alkanes of at least 4 members (excludes halogenated alkanes) is 34. The van der Waals surface area contributed by atoms with E-state index in [1.165, 1.54) is 180 Å². The van der Waals surface area contributed by atoms with Crippen LogP contribution in [0, 0.1) is 0 Å². The number of rotatable bonds is 52. The summed E-state index contributed by atoms with van der Waals surface area (Å²) in [6.45, 7) is 6.53. The van der Waals surface area contributed by atoms with Crippen molar-refractivity contribution in [3.05, 3.63) is 48.6 Å². The van der Waals surface area contributed by atoms with Gasteiger partial charge in [-0.3, -0.25) is 14.4 Å². The summed E-state index contributed by atoms with van der Waals surface area (Å²) in [6, 6.07) is 0. The van der Waals surface area contributed by atoms with Gasteiger partial charge >= 0.3 is 17.9 Å². The molecule has 0 heterocycles. The van der Waals surface area contributed by atoms with Crippen LogP contribution < -0.4 is 0 Å². The molecule has 0 fully saturated rings. The molecule has 1 atom stereocenters. The Morgan fingerprint density at radius 2 is 0.636 bits per heavy atom. The Morgan fingerprint density at radius 3 is 1.03 bits per heavy atom. The van der Waals surface area contributed by atoms with Gasteiger partial charge in [0, 0.05) is 19.3 Å². The second-order valence-corrected chi connectivity index (χ2v) is 19.2. The van der Waals surface area contributed by atoms with Crippen molar-refractivity contribution >= 4 is 17.9 Å². The molecule has 66 heavy (non-hydrogen) atoms. The topological polar surface area (TPSA) is 78.9 Å². The van der Waals surface area contributed by atoms with Gasteiger partial charge < -0.3 is 14.2 Å². The first-order valence-corrected chi connectivity index (χ1v) is 28.7. The summed E-state index contributed by atoms with van der Waals surface area (Å²) in [6.07, 6.45) is 66.7. The van der Waals surface area contributed by atoms with Gasteiger partial charge in [-0.25, -0.2) is 0 Å². The Morgan fingerprint density at radius 1 is 0.333 bits per heavy atom. The molecule has 0 aliphatic carbocycles. The van der Waals surface area contributed by atoms with Crippen LogP contribution in [0.25, 0.3) is 0 Å². The summed E-state index contributed by atoms with van der Waals surface area (Å²) < 4.78 is 16.9. The van der Waals surface area contributed by atoms with E-state index in [-0.39, 0.29) is 31.1 Å². The van der Waals surface area contributed by atoms with Crippen molar-refractivity contribution in [2.45, 2.75) is 303 Å². The molecule has 0 aromatic carbocycles. The van der Waals surface area contributed by atoms with E-state index < -0.39 is 6.10 Å². The second-order valence-electron chi connectivity index (χ2n) is 19.2. The maximum absolute atomic E-state index is 12.8. The van der Waals surface area contributed by atoms with E-state index in [0.29, 0.717) is 19.3 Å². The maximum atomic E-state index is 12.8. The van der Waals surface area contributed by atoms with Gasteiger partial charge in [0.15, 0.2) is 6.10 Å². The number of ether oxygens (including phenoxy) is 3. The molecule has 1 unspecified atom stereocenters. The summed E-state index contributed by atoms with van der Waals surface area (Å²) >= 11 is 0. The Labute approximate surface area is 409 Å². The van der Waals surface area contributed by atoms with E-state index in [2.05, 4.69) is 69.4 Å². The first-order chi connectivity index (χ1) is 32.5. The van der Waals surface area contributed by atoms with Crippen LogP contribution in [0.3, 0.4) is 0 Å². The fourth-order valence-electron chi connectivity index (χ4n) is 8.30. The van der Waals surface area contributed by atoms with Crippen molar-refractivity contribution in [2.24, 2.45) is 0 Å². The van der Waals surface area contributed by atoms with E-state index >= 15 is 0 Å². The third-order valence-corrected chi connectivity index (χ3v) is 12.6. The minimum Gasteiger partial charge on any atom is -0.462 e. The number of carbonyl (C=O) groups is 3. The Bertz CT molecular complexity index is 1150. The fraction of sp³-hybridized carbons (Fsp3) is 0.817. The molecule has 0 bridgehead atoms. The zero-order chi connectivity index (χ0) is 47.9. The van der Waals surface area contributed by atoms with Crippen molar-refractivity contribution in [1.82, 2.24) is 0 Å². The van der Waals surface area contributed by atoms with Gasteiger partial charge in [0.1, 0.15) is 13.2 Å². The highest BCUT2D eigenvalue weighted by molar-refractivity contribution is 5.71. The zero-order valence-corrected chi connectivity index (χ0v) is 44.0. The zero-order valence-electron chi connectivity index (χ0n) is 44.0. The molecule has 0 aliphatic rings. The SMILES string of the molecule is CC/C=C\C/C=C\CCCCCCCCCC(=O)OCC(COC(=O)CCCCCCCCCCCC/C=C\C=C/CCCCC)OC(=O)CCCCCCCCCCCCCCCCC. The van der Waals surface area contributed by atoms with Crippen LogP contribution in [0.2, 0.25) is 0 Å². The average molecular weight is 926 g/mol. The van der Waals surface area contributed by atoms with E-state index in [1.54, 1.807) is 0 Å². The van der Waals surface area contributed by atoms with E-state index in [9.17, 15) is 14.4 Å². The molecular formula is C60H108O6. The van der Waals surface area contributed by atoms with Gasteiger partial charge in [-0.15, -0.1) is 0 Å². The number of esters is 3. The fourth-order valence-corrected chi connectivity index (χ4v) is 8.30. The average Bonchev–Trinajstić information content (AvgIpc) is 3.31. The number of carbonyl (C=O) groups excluding carboxylic acids is 3. The lowest BCUT2D eigenvalue weighted by Crippen LogP contribution is -2.30. The highest BCUT2D eigenvalue weighted by Crippen LogP contribution is 2.16. The molecule has 6 nitrogen and oxygen atoms in total. The predicted molar refractivity (Wildman–Crippen MR) is 284 cm³/mol. The normalized spacial score (nSPS) is 12.3. The van der Waals surface area contributed by atoms with Crippen LogP contribution >= 0.6 is 0 Å². The summed E-state index contributed by atoms with van der Waals surface area (Å²) in [5.74, 6) is -0.871. The molecule has 0 saturated carbocycles. The summed E-state index contributed by atoms with van der Waals surface area (Å²) in [5.41, 5.74) is 0. The van der Waals surface area contributed by atoms with Crippen LogP contribution in [-0.2, 0) is 28.6 Å². The first-order valence-electron chi connectivity index (χ1n) is 28.7. The largest absolute Gasteiger partial charge is 0.462 e. The quantitative estimate of drug-likeness (QED) is 0.0199. The molecule has 384 valence electrons. The molecule has 0 N–H and O–H groups in total. The van der Waals surface area contributed by atoms with Crippen molar-refractivity contribution < 1.29 is 28.6 Å². The highest BCUT2D eigenvalue weighted by atomic mass is 16.6. The summed E-state index contributed by atoms with van der Waals surface area (Å²) in [7, 11) is 0. The van der Waals surface area contributed by atoms with Gasteiger partial charge in [-0.2, -0.15) is 0 Å². The van der Waals surface area contributed by atoms with Crippen LogP contribution in [-0.4, -0.2) is 37.2 Å². The van der Waals surface area contributed by atoms with Crippen molar-refractivity contribution in [1.29, 1.82) is 0 Å². The molecular weight excluding hydrogens is 817 g/mol. The smallest absolute Gasteiger partial charge is 0.306 e. The van der Waals surface area contributed by atoms with Crippen molar-refractivity contribution in [3.8, 4) is 0 Å². The summed E-state index contributed by atoms with van der Waals surface area (Å²) in [5, 5.41) is 0. The van der Waals surface area contributed by atoms with Gasteiger partial charge in [0.2, 0.25) is 0 Å². The van der Waals surface area contributed by atoms with Gasteiger partial charge in [0.25, 0.3) is 0 Å². The number of hydrogen-bond donors (Lipinski definition) is 0. The lowest BCUT2D eigenvalue weighted by atomic mass is 10.0. The van der Waals surface area contributed by atoms with Crippen molar-refractivity contribution in [2.75, 3.05) is 13.2 Å². The minimum atomic E-state index is -0.775. The molecule has 0 spiro atoms. The molecule has 0 aromatic heterocycles.